The van der Waals surface area contributed by atoms with Crippen molar-refractivity contribution in [1.82, 2.24) is 5.32 Å². The molecule has 0 aromatic carbocycles. The van der Waals surface area contributed by atoms with Gasteiger partial charge in [-0.3, -0.25) is 0 Å². The van der Waals surface area contributed by atoms with Gasteiger partial charge in [0.1, 0.15) is 12.1 Å². The average Bonchev–Trinajstić information content (AvgIpc) is 2.43. The SMILES string of the molecule is CC(C)OC(=O)N[C@@H](C(F)F)[C@@H](O[Si](C(C)C)(C(C)C)C(C)C)C(=O)[O-]. The molecular formula is C17H32F2NO5Si-. The highest BCUT2D eigenvalue weighted by molar-refractivity contribution is 6.77. The second kappa shape index (κ2) is 10.2. The zero-order valence-electron chi connectivity index (χ0n) is 16.8. The minimum Gasteiger partial charge on any atom is -0.547 e. The van der Waals surface area contributed by atoms with E-state index in [2.05, 4.69) is 0 Å². The predicted molar refractivity (Wildman–Crippen MR) is 95.5 cm³/mol. The molecule has 0 rings (SSSR count). The lowest BCUT2D eigenvalue weighted by molar-refractivity contribution is -0.316. The van der Waals surface area contributed by atoms with Gasteiger partial charge in [-0.15, -0.1) is 0 Å². The molecule has 1 N–H and O–H groups in total. The van der Waals surface area contributed by atoms with Gasteiger partial charge in [-0.05, 0) is 30.5 Å². The summed E-state index contributed by atoms with van der Waals surface area (Å²) in [6.45, 7) is 14.5. The molecule has 0 fully saturated rings. The number of carbonyl (C=O) groups is 2. The van der Waals surface area contributed by atoms with Crippen LogP contribution in [0.4, 0.5) is 13.6 Å². The Balaban J connectivity index is 5.83. The van der Waals surface area contributed by atoms with Crippen LogP contribution in [0.1, 0.15) is 55.4 Å². The first-order chi connectivity index (χ1) is 11.8. The molecule has 0 aromatic heterocycles. The Morgan fingerprint density at radius 2 is 1.35 bits per heavy atom. The number of hydrogen-bond acceptors (Lipinski definition) is 5. The summed E-state index contributed by atoms with van der Waals surface area (Å²) >= 11 is 0. The molecule has 154 valence electrons. The smallest absolute Gasteiger partial charge is 0.407 e. The van der Waals surface area contributed by atoms with Crippen molar-refractivity contribution in [3.05, 3.63) is 0 Å². The quantitative estimate of drug-likeness (QED) is 0.574. The summed E-state index contributed by atoms with van der Waals surface area (Å²) in [5, 5.41) is 13.6. The van der Waals surface area contributed by atoms with Crippen LogP contribution in [0, 0.1) is 0 Å². The predicted octanol–water partition coefficient (Wildman–Crippen LogP) is 3.07. The van der Waals surface area contributed by atoms with E-state index in [0.29, 0.717) is 0 Å². The lowest BCUT2D eigenvalue weighted by Crippen LogP contribution is -2.62. The van der Waals surface area contributed by atoms with Gasteiger partial charge in [0, 0.05) is 0 Å². The number of carbonyl (C=O) groups excluding carboxylic acids is 2. The zero-order valence-corrected chi connectivity index (χ0v) is 17.8. The summed E-state index contributed by atoms with van der Waals surface area (Å²) in [5.41, 5.74) is -0.0686. The second-order valence-corrected chi connectivity index (χ2v) is 13.0. The second-order valence-electron chi connectivity index (χ2n) is 7.63. The maximum absolute atomic E-state index is 13.6. The van der Waals surface area contributed by atoms with Crippen LogP contribution >= 0.6 is 0 Å². The van der Waals surface area contributed by atoms with Crippen LogP contribution in [0.3, 0.4) is 0 Å². The molecule has 1 amide bonds. The summed E-state index contributed by atoms with van der Waals surface area (Å²) in [5.74, 6) is -1.78. The summed E-state index contributed by atoms with van der Waals surface area (Å²) in [7, 11) is -2.79. The van der Waals surface area contributed by atoms with Gasteiger partial charge in [-0.2, -0.15) is 0 Å². The molecule has 9 heteroatoms. The van der Waals surface area contributed by atoms with Crippen LogP contribution in [0.2, 0.25) is 16.6 Å². The number of carboxylic acids is 1. The third kappa shape index (κ3) is 6.19. The Morgan fingerprint density at radius 3 is 1.62 bits per heavy atom. The van der Waals surface area contributed by atoms with Crippen molar-refractivity contribution in [3.63, 3.8) is 0 Å². The van der Waals surface area contributed by atoms with Crippen molar-refractivity contribution < 1.29 is 32.6 Å². The highest BCUT2D eigenvalue weighted by Crippen LogP contribution is 2.43. The van der Waals surface area contributed by atoms with Gasteiger partial charge in [-0.25, -0.2) is 13.6 Å². The van der Waals surface area contributed by atoms with E-state index < -0.39 is 45.1 Å². The topological polar surface area (TPSA) is 87.7 Å². The van der Waals surface area contributed by atoms with Gasteiger partial charge in [0.15, 0.2) is 0 Å². The van der Waals surface area contributed by atoms with E-state index in [4.69, 9.17) is 9.16 Å². The van der Waals surface area contributed by atoms with Crippen LogP contribution in [0.5, 0.6) is 0 Å². The first-order valence-electron chi connectivity index (χ1n) is 8.91. The van der Waals surface area contributed by atoms with Crippen molar-refractivity contribution >= 4 is 20.4 Å². The van der Waals surface area contributed by atoms with E-state index in [1.807, 2.05) is 46.9 Å². The third-order valence-corrected chi connectivity index (χ3v) is 10.6. The number of amides is 1. The standard InChI is InChI=1S/C17H33F2NO5Si/c1-9(2)24-17(23)20-13(15(18)19)14(16(21)22)25-26(10(3)4,11(5)6)12(7)8/h9-15H,1-8H3,(H,20,23)(H,21,22)/p-1/t13-,14-/m1/s1. The Morgan fingerprint density at radius 1 is 0.923 bits per heavy atom. The molecule has 0 aliphatic heterocycles. The number of rotatable bonds is 10. The molecule has 2 atom stereocenters. The minimum absolute atomic E-state index is 0.0229. The Bertz CT molecular complexity index is 450. The van der Waals surface area contributed by atoms with Crippen molar-refractivity contribution in [2.45, 2.75) is 96.7 Å². The normalized spacial score (nSPS) is 15.0. The molecule has 6 nitrogen and oxygen atoms in total. The number of hydrogen-bond donors (Lipinski definition) is 1. The highest BCUT2D eigenvalue weighted by Gasteiger charge is 2.49. The average molecular weight is 397 g/mol. The molecule has 0 saturated heterocycles. The fraction of sp³-hybridized carbons (Fsp3) is 0.882. The van der Waals surface area contributed by atoms with Crippen molar-refractivity contribution in [2.75, 3.05) is 0 Å². The molecule has 0 heterocycles. The third-order valence-electron chi connectivity index (χ3n) is 4.50. The van der Waals surface area contributed by atoms with Crippen LogP contribution in [0.15, 0.2) is 0 Å². The van der Waals surface area contributed by atoms with E-state index in [0.717, 1.165) is 0 Å². The van der Waals surface area contributed by atoms with Gasteiger partial charge < -0.3 is 24.4 Å². The van der Waals surface area contributed by atoms with E-state index in [-0.39, 0.29) is 16.6 Å². The molecule has 0 aliphatic rings. The summed E-state index contributed by atoms with van der Waals surface area (Å²) in [6, 6.07) is -2.06. The highest BCUT2D eigenvalue weighted by atomic mass is 28.4. The van der Waals surface area contributed by atoms with Crippen molar-refractivity contribution in [3.8, 4) is 0 Å². The molecule has 0 spiro atoms. The molecule has 0 aromatic rings. The van der Waals surface area contributed by atoms with Gasteiger partial charge in [-0.1, -0.05) is 41.5 Å². The minimum atomic E-state index is -3.16. The number of halogens is 2. The Hall–Kier alpha value is -1.22. The first kappa shape index (κ1) is 24.8. The van der Waals surface area contributed by atoms with Gasteiger partial charge in [0.25, 0.3) is 6.43 Å². The number of aliphatic carboxylic acids is 1. The maximum Gasteiger partial charge on any atom is 0.407 e. The number of ether oxygens (including phenoxy) is 1. The monoisotopic (exact) mass is 396 g/mol. The molecular weight excluding hydrogens is 364 g/mol. The zero-order chi connectivity index (χ0) is 20.8. The summed E-state index contributed by atoms with van der Waals surface area (Å²) < 4.78 is 37.9. The molecule has 0 aliphatic carbocycles. The van der Waals surface area contributed by atoms with Crippen LogP contribution in [-0.4, -0.2) is 45.1 Å². The molecule has 0 bridgehead atoms. The van der Waals surface area contributed by atoms with Crippen molar-refractivity contribution in [2.24, 2.45) is 0 Å². The summed E-state index contributed by atoms with van der Waals surface area (Å²) in [6.07, 6.45) is -6.78. The molecule has 26 heavy (non-hydrogen) atoms. The molecule has 0 saturated carbocycles. The number of alkyl carbamates (subject to hydrolysis) is 1. The number of nitrogens with one attached hydrogen (secondary N) is 1. The fourth-order valence-electron chi connectivity index (χ4n) is 3.55. The Labute approximate surface area is 155 Å². The van der Waals surface area contributed by atoms with E-state index in [9.17, 15) is 23.5 Å². The number of alkyl halides is 2. The van der Waals surface area contributed by atoms with Gasteiger partial charge in [0.05, 0.1) is 12.1 Å². The largest absolute Gasteiger partial charge is 0.547 e. The lowest BCUT2D eigenvalue weighted by atomic mass is 10.2. The van der Waals surface area contributed by atoms with E-state index in [1.165, 1.54) is 0 Å². The van der Waals surface area contributed by atoms with Gasteiger partial charge in [0.2, 0.25) is 8.32 Å². The van der Waals surface area contributed by atoms with Crippen LogP contribution in [-0.2, 0) is 14.0 Å². The maximum atomic E-state index is 13.6. The Kier molecular flexibility index (Phi) is 9.72. The van der Waals surface area contributed by atoms with E-state index >= 15 is 0 Å². The lowest BCUT2D eigenvalue weighted by Gasteiger charge is -2.46. The number of carboxylic acid groups (broad SMARTS) is 1. The van der Waals surface area contributed by atoms with Gasteiger partial charge >= 0.3 is 6.09 Å². The van der Waals surface area contributed by atoms with Crippen LogP contribution < -0.4 is 10.4 Å². The first-order valence-corrected chi connectivity index (χ1v) is 11.0. The molecule has 0 radical (unpaired) electrons. The van der Waals surface area contributed by atoms with Crippen molar-refractivity contribution in [1.29, 1.82) is 0 Å². The van der Waals surface area contributed by atoms with Crippen LogP contribution in [0.25, 0.3) is 0 Å². The summed E-state index contributed by atoms with van der Waals surface area (Å²) in [4.78, 5) is 23.4. The fourth-order valence-corrected chi connectivity index (χ4v) is 9.05. The van der Waals surface area contributed by atoms with E-state index in [1.54, 1.807) is 13.8 Å². The molecule has 0 unspecified atom stereocenters.